The second-order valence-corrected chi connectivity index (χ2v) is 9.59. The number of aromatic nitrogens is 2. The van der Waals surface area contributed by atoms with Gasteiger partial charge < -0.3 is 14.6 Å². The Bertz CT molecular complexity index is 1410. The number of halogens is 1. The van der Waals surface area contributed by atoms with Gasteiger partial charge in [0, 0.05) is 12.6 Å². The standard InChI is InChI=1S/C30H27BrN2O5/c31-17-16-21-19-33(29(36)32-28(21)35)27-18-25(34)26(38-27)20-37-30(22-10-4-1-5-11-22,23-12-6-2-7-13-23)24-14-8-3-9-15-24/h1-17,19,25-27,34H,18,20H2,(H,32,35,36)/b17-16+/t25-,26+,27+/m0/s1. The molecule has 194 valence electrons. The number of hydrogen-bond donors (Lipinski definition) is 2. The molecule has 8 heteroatoms. The van der Waals surface area contributed by atoms with Crippen LogP contribution in [0.15, 0.2) is 112 Å². The number of benzene rings is 3. The molecule has 0 unspecified atom stereocenters. The minimum absolute atomic E-state index is 0.0581. The molecule has 0 aliphatic carbocycles. The molecule has 38 heavy (non-hydrogen) atoms. The number of ether oxygens (including phenoxy) is 2. The SMILES string of the molecule is O=c1[nH]c(=O)n([C@H]2C[C@H](O)[C@@H](COC(c3ccccc3)(c3ccccc3)c3ccccc3)O2)cc1/C=C/Br. The van der Waals surface area contributed by atoms with Crippen molar-refractivity contribution in [2.24, 2.45) is 0 Å². The third-order valence-corrected chi connectivity index (χ3v) is 7.02. The summed E-state index contributed by atoms with van der Waals surface area (Å²) >= 11 is 3.15. The minimum Gasteiger partial charge on any atom is -0.390 e. The summed E-state index contributed by atoms with van der Waals surface area (Å²) < 4.78 is 14.2. The highest BCUT2D eigenvalue weighted by atomic mass is 79.9. The van der Waals surface area contributed by atoms with Crippen LogP contribution in [-0.2, 0) is 15.1 Å². The lowest BCUT2D eigenvalue weighted by atomic mass is 9.80. The largest absolute Gasteiger partial charge is 0.390 e. The van der Waals surface area contributed by atoms with Crippen LogP contribution in [0.25, 0.3) is 6.08 Å². The van der Waals surface area contributed by atoms with Gasteiger partial charge in [-0.15, -0.1) is 0 Å². The summed E-state index contributed by atoms with van der Waals surface area (Å²) in [5, 5.41) is 10.9. The Hall–Kier alpha value is -3.56. The van der Waals surface area contributed by atoms with Gasteiger partial charge in [-0.1, -0.05) is 107 Å². The predicted molar refractivity (Wildman–Crippen MR) is 149 cm³/mol. The van der Waals surface area contributed by atoms with Crippen LogP contribution in [0.4, 0.5) is 0 Å². The molecule has 0 radical (unpaired) electrons. The molecule has 0 saturated carbocycles. The van der Waals surface area contributed by atoms with Crippen LogP contribution in [0.1, 0.15) is 34.9 Å². The minimum atomic E-state index is -0.965. The Morgan fingerprint density at radius 3 is 1.97 bits per heavy atom. The molecule has 2 heterocycles. The Kier molecular flexibility index (Phi) is 7.85. The predicted octanol–water partition coefficient (Wildman–Crippen LogP) is 4.56. The maximum Gasteiger partial charge on any atom is 0.330 e. The van der Waals surface area contributed by atoms with Gasteiger partial charge in [0.2, 0.25) is 0 Å². The maximum absolute atomic E-state index is 12.5. The van der Waals surface area contributed by atoms with Crippen molar-refractivity contribution in [3.63, 3.8) is 0 Å². The summed E-state index contributed by atoms with van der Waals surface area (Å²) in [5.41, 5.74) is 1.02. The van der Waals surface area contributed by atoms with Gasteiger partial charge in [0.05, 0.1) is 18.3 Å². The van der Waals surface area contributed by atoms with Crippen LogP contribution in [0.2, 0.25) is 0 Å². The molecule has 1 saturated heterocycles. The van der Waals surface area contributed by atoms with Gasteiger partial charge in [-0.2, -0.15) is 0 Å². The molecule has 0 amide bonds. The van der Waals surface area contributed by atoms with E-state index in [1.807, 2.05) is 91.0 Å². The van der Waals surface area contributed by atoms with E-state index in [1.165, 1.54) is 21.8 Å². The summed E-state index contributed by atoms with van der Waals surface area (Å²) in [6.45, 7) is 0.0581. The van der Waals surface area contributed by atoms with Crippen molar-refractivity contribution in [1.82, 2.24) is 9.55 Å². The van der Waals surface area contributed by atoms with E-state index in [9.17, 15) is 14.7 Å². The first kappa shape index (κ1) is 26.1. The molecule has 1 fully saturated rings. The van der Waals surface area contributed by atoms with Crippen molar-refractivity contribution in [1.29, 1.82) is 0 Å². The number of nitrogens with one attached hydrogen (secondary N) is 1. The second-order valence-electron chi connectivity index (χ2n) is 9.07. The summed E-state index contributed by atoms with van der Waals surface area (Å²) in [6, 6.07) is 29.8. The lowest BCUT2D eigenvalue weighted by Gasteiger charge is -2.37. The Morgan fingerprint density at radius 2 is 1.47 bits per heavy atom. The van der Waals surface area contributed by atoms with Crippen molar-refractivity contribution in [3.05, 3.63) is 145 Å². The van der Waals surface area contributed by atoms with Gasteiger partial charge in [0.15, 0.2) is 0 Å². The fourth-order valence-electron chi connectivity index (χ4n) is 4.91. The molecule has 1 aliphatic heterocycles. The van der Waals surface area contributed by atoms with Crippen molar-refractivity contribution < 1.29 is 14.6 Å². The van der Waals surface area contributed by atoms with Gasteiger partial charge in [-0.3, -0.25) is 14.3 Å². The molecule has 2 N–H and O–H groups in total. The van der Waals surface area contributed by atoms with Crippen LogP contribution in [0.5, 0.6) is 0 Å². The normalized spacial score (nSPS) is 19.7. The highest BCUT2D eigenvalue weighted by Gasteiger charge is 2.41. The molecule has 4 aromatic rings. The number of rotatable bonds is 8. The zero-order valence-electron chi connectivity index (χ0n) is 20.4. The fraction of sp³-hybridized carbons (Fsp3) is 0.200. The van der Waals surface area contributed by atoms with E-state index in [2.05, 4.69) is 20.9 Å². The molecular weight excluding hydrogens is 548 g/mol. The number of aliphatic hydroxyl groups is 1. The number of H-pyrrole nitrogens is 1. The monoisotopic (exact) mass is 574 g/mol. The Labute approximate surface area is 228 Å². The van der Waals surface area contributed by atoms with Crippen LogP contribution in [0, 0.1) is 0 Å². The molecule has 3 atom stereocenters. The quantitative estimate of drug-likeness (QED) is 0.301. The topological polar surface area (TPSA) is 93.6 Å². The summed E-state index contributed by atoms with van der Waals surface area (Å²) in [6.07, 6.45) is 0.798. The van der Waals surface area contributed by atoms with Gasteiger partial charge in [0.1, 0.15) is 17.9 Å². The summed E-state index contributed by atoms with van der Waals surface area (Å²) in [5.74, 6) is 0. The van der Waals surface area contributed by atoms with Gasteiger partial charge in [-0.05, 0) is 27.8 Å². The number of nitrogens with zero attached hydrogens (tertiary/aromatic N) is 1. The van der Waals surface area contributed by atoms with Gasteiger partial charge in [0.25, 0.3) is 5.56 Å². The van der Waals surface area contributed by atoms with E-state index in [1.54, 1.807) is 0 Å². The number of aromatic amines is 1. The first-order valence-electron chi connectivity index (χ1n) is 12.3. The second kappa shape index (κ2) is 11.4. The molecular formula is C30H27BrN2O5. The highest BCUT2D eigenvalue weighted by molar-refractivity contribution is 9.11. The zero-order chi connectivity index (χ0) is 26.5. The Morgan fingerprint density at radius 1 is 0.947 bits per heavy atom. The molecule has 0 bridgehead atoms. The van der Waals surface area contributed by atoms with E-state index in [0.717, 1.165) is 16.7 Å². The molecule has 7 nitrogen and oxygen atoms in total. The average molecular weight is 575 g/mol. The zero-order valence-corrected chi connectivity index (χ0v) is 22.0. The van der Waals surface area contributed by atoms with Crippen molar-refractivity contribution in [3.8, 4) is 0 Å². The van der Waals surface area contributed by atoms with E-state index in [0.29, 0.717) is 0 Å². The molecule has 5 rings (SSSR count). The molecule has 3 aromatic carbocycles. The summed E-state index contributed by atoms with van der Waals surface area (Å²) in [4.78, 5) is 28.5. The van der Waals surface area contributed by atoms with Crippen LogP contribution >= 0.6 is 15.9 Å². The first-order valence-corrected chi connectivity index (χ1v) is 13.2. The number of aliphatic hydroxyl groups excluding tert-OH is 1. The highest BCUT2D eigenvalue weighted by Crippen LogP contribution is 2.41. The molecule has 1 aliphatic rings. The van der Waals surface area contributed by atoms with E-state index < -0.39 is 35.3 Å². The number of hydrogen-bond acceptors (Lipinski definition) is 5. The van der Waals surface area contributed by atoms with Crippen molar-refractivity contribution in [2.75, 3.05) is 6.61 Å². The maximum atomic E-state index is 12.5. The van der Waals surface area contributed by atoms with Crippen LogP contribution in [-0.4, -0.2) is 33.5 Å². The van der Waals surface area contributed by atoms with E-state index in [4.69, 9.17) is 9.47 Å². The van der Waals surface area contributed by atoms with E-state index >= 15 is 0 Å². The lowest BCUT2D eigenvalue weighted by Crippen LogP contribution is -2.38. The average Bonchev–Trinajstić information content (AvgIpc) is 3.32. The fourth-order valence-corrected chi connectivity index (χ4v) is 5.20. The van der Waals surface area contributed by atoms with E-state index in [-0.39, 0.29) is 18.6 Å². The third kappa shape index (κ3) is 5.08. The van der Waals surface area contributed by atoms with Gasteiger partial charge >= 0.3 is 5.69 Å². The smallest absolute Gasteiger partial charge is 0.330 e. The molecule has 1 aromatic heterocycles. The molecule has 0 spiro atoms. The van der Waals surface area contributed by atoms with Crippen LogP contribution in [0.3, 0.4) is 0 Å². The van der Waals surface area contributed by atoms with Gasteiger partial charge in [-0.25, -0.2) is 4.79 Å². The lowest BCUT2D eigenvalue weighted by molar-refractivity contribution is -0.0944. The Balaban J connectivity index is 1.49. The van der Waals surface area contributed by atoms with Crippen LogP contribution < -0.4 is 11.2 Å². The summed E-state index contributed by atoms with van der Waals surface area (Å²) in [7, 11) is 0. The van der Waals surface area contributed by atoms with Crippen molar-refractivity contribution in [2.45, 2.75) is 30.5 Å². The van der Waals surface area contributed by atoms with Crippen molar-refractivity contribution >= 4 is 22.0 Å². The third-order valence-electron chi connectivity index (χ3n) is 6.76. The first-order chi connectivity index (χ1) is 18.5.